The monoisotopic (exact) mass is 382 g/mol. The van der Waals surface area contributed by atoms with Crippen LogP contribution in [0.2, 0.25) is 0 Å². The number of halogens is 1. The van der Waals surface area contributed by atoms with Crippen LogP contribution in [-0.4, -0.2) is 17.8 Å². The molecule has 2 aliphatic rings. The molecule has 2 N–H and O–H groups in total. The van der Waals surface area contributed by atoms with Crippen molar-refractivity contribution in [3.63, 3.8) is 0 Å². The first kappa shape index (κ1) is 15.0. The molecule has 0 bridgehead atoms. The Morgan fingerprint density at radius 2 is 1.88 bits per heavy atom. The van der Waals surface area contributed by atoms with E-state index in [0.717, 1.165) is 39.3 Å². The number of fused-ring (bicyclic) bond motifs is 2. The lowest BCUT2D eigenvalue weighted by Crippen LogP contribution is -2.11. The molecule has 2 aliphatic heterocycles. The fourth-order valence-electron chi connectivity index (χ4n) is 2.93. The third-order valence-corrected chi connectivity index (χ3v) is 4.33. The van der Waals surface area contributed by atoms with Crippen LogP contribution in [0.1, 0.15) is 11.1 Å². The summed E-state index contributed by atoms with van der Waals surface area (Å²) in [4.78, 5) is 12.3. The SMILES string of the molecule is O=C1Nc2ccccc2/C1=C1\C=Cc2cc(OCCBr)ccc2N1. The van der Waals surface area contributed by atoms with Crippen LogP contribution in [-0.2, 0) is 4.79 Å². The number of benzene rings is 2. The Hall–Kier alpha value is -2.53. The smallest absolute Gasteiger partial charge is 0.258 e. The van der Waals surface area contributed by atoms with Gasteiger partial charge in [0.15, 0.2) is 0 Å². The second-order valence-corrected chi connectivity index (χ2v) is 6.33. The topological polar surface area (TPSA) is 50.4 Å². The number of allylic oxidation sites excluding steroid dienone is 1. The molecule has 2 heterocycles. The quantitative estimate of drug-likeness (QED) is 0.615. The highest BCUT2D eigenvalue weighted by Gasteiger charge is 2.27. The summed E-state index contributed by atoms with van der Waals surface area (Å²) in [5.74, 6) is 0.754. The second kappa shape index (κ2) is 6.17. The molecule has 2 aromatic carbocycles. The van der Waals surface area contributed by atoms with E-state index in [0.29, 0.717) is 12.2 Å². The maximum atomic E-state index is 12.3. The summed E-state index contributed by atoms with van der Waals surface area (Å²) in [7, 11) is 0. The Morgan fingerprint density at radius 3 is 2.75 bits per heavy atom. The predicted molar refractivity (Wildman–Crippen MR) is 100 cm³/mol. The molecule has 0 aromatic heterocycles. The lowest BCUT2D eigenvalue weighted by Gasteiger charge is -2.18. The lowest BCUT2D eigenvalue weighted by molar-refractivity contribution is -0.110. The molecule has 0 saturated heterocycles. The summed E-state index contributed by atoms with van der Waals surface area (Å²) in [6.45, 7) is 0.627. The van der Waals surface area contributed by atoms with Gasteiger partial charge in [-0.25, -0.2) is 0 Å². The molecule has 0 fully saturated rings. The molecule has 0 spiro atoms. The second-order valence-electron chi connectivity index (χ2n) is 5.53. The molecule has 4 rings (SSSR count). The van der Waals surface area contributed by atoms with Gasteiger partial charge in [-0.2, -0.15) is 0 Å². The number of nitrogens with one attached hydrogen (secondary N) is 2. The maximum Gasteiger partial charge on any atom is 0.258 e. The number of hydrogen-bond acceptors (Lipinski definition) is 3. The minimum absolute atomic E-state index is 0.0796. The van der Waals surface area contributed by atoms with Gasteiger partial charge in [-0.1, -0.05) is 40.2 Å². The maximum absolute atomic E-state index is 12.3. The van der Waals surface area contributed by atoms with Crippen molar-refractivity contribution in [2.24, 2.45) is 0 Å². The van der Waals surface area contributed by atoms with Gasteiger partial charge in [0.05, 0.1) is 17.9 Å². The summed E-state index contributed by atoms with van der Waals surface area (Å²) in [5, 5.41) is 7.06. The van der Waals surface area contributed by atoms with Gasteiger partial charge in [-0.05, 0) is 30.3 Å². The molecule has 2 aromatic rings. The average Bonchev–Trinajstić information content (AvgIpc) is 2.95. The van der Waals surface area contributed by atoms with Gasteiger partial charge in [0, 0.05) is 27.8 Å². The number of alkyl halides is 1. The van der Waals surface area contributed by atoms with Crippen molar-refractivity contribution >= 4 is 44.9 Å². The van der Waals surface area contributed by atoms with Crippen molar-refractivity contribution < 1.29 is 9.53 Å². The van der Waals surface area contributed by atoms with Crippen molar-refractivity contribution in [3.8, 4) is 5.75 Å². The van der Waals surface area contributed by atoms with Crippen LogP contribution >= 0.6 is 15.9 Å². The summed E-state index contributed by atoms with van der Waals surface area (Å²) in [6.07, 6.45) is 3.94. The van der Waals surface area contributed by atoms with Crippen LogP contribution in [0.15, 0.2) is 54.2 Å². The molecule has 0 saturated carbocycles. The Balaban J connectivity index is 1.70. The summed E-state index contributed by atoms with van der Waals surface area (Å²) >= 11 is 3.35. The molecule has 0 aliphatic carbocycles. The van der Waals surface area contributed by atoms with Crippen molar-refractivity contribution in [3.05, 3.63) is 65.4 Å². The summed E-state index contributed by atoms with van der Waals surface area (Å²) in [5.41, 5.74) is 5.26. The Morgan fingerprint density at radius 1 is 1.00 bits per heavy atom. The highest BCUT2D eigenvalue weighted by Crippen LogP contribution is 2.37. The van der Waals surface area contributed by atoms with Gasteiger partial charge in [0.2, 0.25) is 0 Å². The number of rotatable bonds is 3. The Bertz CT molecular complexity index is 887. The van der Waals surface area contributed by atoms with E-state index < -0.39 is 0 Å². The molecule has 0 unspecified atom stereocenters. The molecule has 0 atom stereocenters. The number of hydrogen-bond donors (Lipinski definition) is 2. The van der Waals surface area contributed by atoms with E-state index in [1.54, 1.807) is 0 Å². The van der Waals surface area contributed by atoms with Gasteiger partial charge in [0.1, 0.15) is 5.75 Å². The Kier molecular flexibility index (Phi) is 3.86. The van der Waals surface area contributed by atoms with Crippen LogP contribution in [0.3, 0.4) is 0 Å². The van der Waals surface area contributed by atoms with Crippen LogP contribution in [0.25, 0.3) is 11.6 Å². The van der Waals surface area contributed by atoms with E-state index in [2.05, 4.69) is 26.6 Å². The van der Waals surface area contributed by atoms with Crippen LogP contribution < -0.4 is 15.4 Å². The molecular formula is C19H15BrN2O2. The van der Waals surface area contributed by atoms with Crippen molar-refractivity contribution in [2.45, 2.75) is 0 Å². The molecule has 5 heteroatoms. The number of amides is 1. The zero-order chi connectivity index (χ0) is 16.5. The third kappa shape index (κ3) is 2.61. The zero-order valence-corrected chi connectivity index (χ0v) is 14.4. The van der Waals surface area contributed by atoms with E-state index in [4.69, 9.17) is 4.74 Å². The molecule has 24 heavy (non-hydrogen) atoms. The standard InChI is InChI=1S/C19H15BrN2O2/c20-9-10-24-13-6-8-15-12(11-13)5-7-17(21-15)18-14-3-1-2-4-16(14)22-19(18)23/h1-8,11,21H,9-10H2,(H,22,23)/b18-17-. The van der Waals surface area contributed by atoms with Gasteiger partial charge < -0.3 is 15.4 Å². The molecule has 0 radical (unpaired) electrons. The third-order valence-electron chi connectivity index (χ3n) is 4.01. The van der Waals surface area contributed by atoms with Crippen molar-refractivity contribution in [2.75, 3.05) is 22.6 Å². The van der Waals surface area contributed by atoms with Crippen LogP contribution in [0.4, 0.5) is 11.4 Å². The van der Waals surface area contributed by atoms with Crippen LogP contribution in [0.5, 0.6) is 5.75 Å². The highest BCUT2D eigenvalue weighted by atomic mass is 79.9. The Labute approximate surface area is 148 Å². The van der Waals surface area contributed by atoms with E-state index in [-0.39, 0.29) is 5.91 Å². The fourth-order valence-corrected chi connectivity index (χ4v) is 3.09. The van der Waals surface area contributed by atoms with E-state index in [1.807, 2.05) is 54.6 Å². The van der Waals surface area contributed by atoms with Crippen molar-refractivity contribution in [1.82, 2.24) is 0 Å². The first-order valence-electron chi connectivity index (χ1n) is 7.69. The minimum Gasteiger partial charge on any atom is -0.493 e. The molecule has 4 nitrogen and oxygen atoms in total. The fraction of sp³-hybridized carbons (Fsp3) is 0.105. The number of carbonyl (C=O) groups is 1. The number of carbonyl (C=O) groups excluding carboxylic acids is 1. The zero-order valence-electron chi connectivity index (χ0n) is 12.8. The van der Waals surface area contributed by atoms with Crippen LogP contribution in [0, 0.1) is 0 Å². The van der Waals surface area contributed by atoms with Crippen molar-refractivity contribution in [1.29, 1.82) is 0 Å². The highest BCUT2D eigenvalue weighted by molar-refractivity contribution is 9.09. The number of ether oxygens (including phenoxy) is 1. The molecule has 1 amide bonds. The summed E-state index contributed by atoms with van der Waals surface area (Å²) < 4.78 is 5.63. The first-order valence-corrected chi connectivity index (χ1v) is 8.81. The van der Waals surface area contributed by atoms with E-state index in [9.17, 15) is 4.79 Å². The largest absolute Gasteiger partial charge is 0.493 e. The molecule has 120 valence electrons. The number of anilines is 2. The van der Waals surface area contributed by atoms with Gasteiger partial charge in [-0.3, -0.25) is 4.79 Å². The van der Waals surface area contributed by atoms with E-state index in [1.165, 1.54) is 0 Å². The minimum atomic E-state index is -0.0796. The van der Waals surface area contributed by atoms with Gasteiger partial charge in [0.25, 0.3) is 5.91 Å². The normalized spacial score (nSPS) is 17.8. The average molecular weight is 383 g/mol. The molecular weight excluding hydrogens is 368 g/mol. The predicted octanol–water partition coefficient (Wildman–Crippen LogP) is 4.26. The summed E-state index contributed by atoms with van der Waals surface area (Å²) in [6, 6.07) is 13.6. The van der Waals surface area contributed by atoms with Gasteiger partial charge >= 0.3 is 0 Å². The van der Waals surface area contributed by atoms with Gasteiger partial charge in [-0.15, -0.1) is 0 Å². The lowest BCUT2D eigenvalue weighted by atomic mass is 10.0. The van der Waals surface area contributed by atoms with E-state index >= 15 is 0 Å². The number of para-hydroxylation sites is 1. The first-order chi connectivity index (χ1) is 11.8.